The van der Waals surface area contributed by atoms with Gasteiger partial charge in [-0.25, -0.2) is 0 Å². The van der Waals surface area contributed by atoms with Crippen molar-refractivity contribution in [2.24, 2.45) is 0 Å². The van der Waals surface area contributed by atoms with Crippen molar-refractivity contribution in [2.45, 2.75) is 12.5 Å². The van der Waals surface area contributed by atoms with Gasteiger partial charge in [-0.05, 0) is 26.1 Å². The standard InChI is InChI=1S/C13H22N2O/c1-14-13(11-16)10-15(2)9-8-12-6-4-3-5-7-12/h3-7,13-14,16H,8-11H2,1-2H3. The Hall–Kier alpha value is -0.900. The monoisotopic (exact) mass is 222 g/mol. The fourth-order valence-corrected chi connectivity index (χ4v) is 1.67. The molecule has 0 bridgehead atoms. The van der Waals surface area contributed by atoms with Crippen LogP contribution in [-0.4, -0.2) is 49.8 Å². The van der Waals surface area contributed by atoms with Crippen LogP contribution in [0.25, 0.3) is 0 Å². The molecule has 3 heteroatoms. The number of hydrogen-bond acceptors (Lipinski definition) is 3. The third kappa shape index (κ3) is 4.75. The lowest BCUT2D eigenvalue weighted by Gasteiger charge is -2.22. The molecular weight excluding hydrogens is 200 g/mol. The highest BCUT2D eigenvalue weighted by atomic mass is 16.3. The van der Waals surface area contributed by atoms with Crippen LogP contribution in [0.5, 0.6) is 0 Å². The zero-order chi connectivity index (χ0) is 11.8. The molecule has 16 heavy (non-hydrogen) atoms. The predicted octanol–water partition coefficient (Wildman–Crippen LogP) is 0.741. The molecule has 1 aromatic rings. The van der Waals surface area contributed by atoms with Crippen molar-refractivity contribution in [3.8, 4) is 0 Å². The van der Waals surface area contributed by atoms with Gasteiger partial charge >= 0.3 is 0 Å². The normalized spacial score (nSPS) is 13.0. The van der Waals surface area contributed by atoms with Crippen molar-refractivity contribution in [1.82, 2.24) is 10.2 Å². The zero-order valence-corrected chi connectivity index (χ0v) is 10.2. The number of likely N-dealkylation sites (N-methyl/N-ethyl adjacent to an activating group) is 2. The minimum atomic E-state index is 0.167. The third-order valence-electron chi connectivity index (χ3n) is 2.79. The lowest BCUT2D eigenvalue weighted by molar-refractivity contribution is 0.205. The lowest BCUT2D eigenvalue weighted by atomic mass is 10.1. The van der Waals surface area contributed by atoms with Gasteiger partial charge in [-0.15, -0.1) is 0 Å². The van der Waals surface area contributed by atoms with Gasteiger partial charge in [-0.1, -0.05) is 30.3 Å². The van der Waals surface area contributed by atoms with Crippen LogP contribution < -0.4 is 5.32 Å². The van der Waals surface area contributed by atoms with E-state index in [4.69, 9.17) is 5.11 Å². The van der Waals surface area contributed by atoms with Crippen molar-refractivity contribution in [3.63, 3.8) is 0 Å². The molecule has 2 N–H and O–H groups in total. The number of nitrogens with zero attached hydrogens (tertiary/aromatic N) is 1. The van der Waals surface area contributed by atoms with Crippen molar-refractivity contribution >= 4 is 0 Å². The van der Waals surface area contributed by atoms with E-state index in [0.717, 1.165) is 19.5 Å². The Bertz CT molecular complexity index is 273. The van der Waals surface area contributed by atoms with Crippen molar-refractivity contribution in [2.75, 3.05) is 33.8 Å². The zero-order valence-electron chi connectivity index (χ0n) is 10.2. The lowest BCUT2D eigenvalue weighted by Crippen LogP contribution is -2.40. The summed E-state index contributed by atoms with van der Waals surface area (Å²) < 4.78 is 0. The highest BCUT2D eigenvalue weighted by Crippen LogP contribution is 2.00. The Balaban J connectivity index is 2.27. The maximum Gasteiger partial charge on any atom is 0.0597 e. The van der Waals surface area contributed by atoms with E-state index >= 15 is 0 Å². The molecule has 0 aliphatic carbocycles. The average Bonchev–Trinajstić information content (AvgIpc) is 2.34. The molecule has 0 radical (unpaired) electrons. The molecule has 1 atom stereocenters. The van der Waals surface area contributed by atoms with E-state index in [9.17, 15) is 0 Å². The van der Waals surface area contributed by atoms with Crippen molar-refractivity contribution in [1.29, 1.82) is 0 Å². The largest absolute Gasteiger partial charge is 0.395 e. The molecule has 1 aromatic carbocycles. The third-order valence-corrected chi connectivity index (χ3v) is 2.79. The number of nitrogens with one attached hydrogen (secondary N) is 1. The van der Waals surface area contributed by atoms with Crippen LogP contribution in [0.2, 0.25) is 0 Å². The fraction of sp³-hybridized carbons (Fsp3) is 0.538. The minimum absolute atomic E-state index is 0.167. The van der Waals surface area contributed by atoms with Crippen LogP contribution in [0.15, 0.2) is 30.3 Å². The summed E-state index contributed by atoms with van der Waals surface area (Å²) in [6.45, 7) is 2.08. The number of hydrogen-bond donors (Lipinski definition) is 2. The van der Waals surface area contributed by atoms with Crippen LogP contribution in [-0.2, 0) is 6.42 Å². The maximum absolute atomic E-state index is 9.07. The Morgan fingerprint density at radius 2 is 2.00 bits per heavy atom. The highest BCUT2D eigenvalue weighted by Gasteiger charge is 2.07. The molecule has 0 saturated heterocycles. The molecule has 0 amide bonds. The van der Waals surface area contributed by atoms with E-state index < -0.39 is 0 Å². The summed E-state index contributed by atoms with van der Waals surface area (Å²) in [5.41, 5.74) is 1.36. The van der Waals surface area contributed by atoms with E-state index in [0.29, 0.717) is 0 Å². The molecular formula is C13H22N2O. The Morgan fingerprint density at radius 3 is 2.56 bits per heavy atom. The number of aliphatic hydroxyl groups excluding tert-OH is 1. The second-order valence-electron chi connectivity index (χ2n) is 4.17. The van der Waals surface area contributed by atoms with Crippen LogP contribution >= 0.6 is 0 Å². The molecule has 0 heterocycles. The van der Waals surface area contributed by atoms with Crippen LogP contribution in [0.3, 0.4) is 0 Å². The van der Waals surface area contributed by atoms with E-state index in [2.05, 4.69) is 41.5 Å². The van der Waals surface area contributed by atoms with Gasteiger partial charge in [-0.2, -0.15) is 0 Å². The topological polar surface area (TPSA) is 35.5 Å². The Labute approximate surface area is 98.1 Å². The first-order valence-electron chi connectivity index (χ1n) is 5.77. The second-order valence-corrected chi connectivity index (χ2v) is 4.17. The summed E-state index contributed by atoms with van der Waals surface area (Å²) in [5.74, 6) is 0. The van der Waals surface area contributed by atoms with E-state index in [1.165, 1.54) is 5.56 Å². The maximum atomic E-state index is 9.07. The van der Waals surface area contributed by atoms with Gasteiger partial charge in [0.15, 0.2) is 0 Å². The summed E-state index contributed by atoms with van der Waals surface area (Å²) in [4.78, 5) is 2.24. The molecule has 1 unspecified atom stereocenters. The number of aliphatic hydroxyl groups is 1. The van der Waals surface area contributed by atoms with Crippen molar-refractivity contribution < 1.29 is 5.11 Å². The fourth-order valence-electron chi connectivity index (χ4n) is 1.67. The molecule has 90 valence electrons. The van der Waals surface area contributed by atoms with Gasteiger partial charge in [0, 0.05) is 19.1 Å². The molecule has 0 spiro atoms. The molecule has 0 saturated carbocycles. The first kappa shape index (κ1) is 13.2. The molecule has 1 rings (SSSR count). The smallest absolute Gasteiger partial charge is 0.0597 e. The number of benzene rings is 1. The van der Waals surface area contributed by atoms with Crippen LogP contribution in [0.1, 0.15) is 5.56 Å². The second kappa shape index (κ2) is 7.39. The minimum Gasteiger partial charge on any atom is -0.395 e. The summed E-state index contributed by atoms with van der Waals surface area (Å²) in [6.07, 6.45) is 1.05. The van der Waals surface area contributed by atoms with Gasteiger partial charge in [0.2, 0.25) is 0 Å². The van der Waals surface area contributed by atoms with E-state index in [1.54, 1.807) is 0 Å². The van der Waals surface area contributed by atoms with E-state index in [1.807, 2.05) is 13.1 Å². The van der Waals surface area contributed by atoms with Crippen molar-refractivity contribution in [3.05, 3.63) is 35.9 Å². The molecule has 0 aliphatic heterocycles. The summed E-state index contributed by atoms with van der Waals surface area (Å²) in [7, 11) is 3.97. The number of rotatable bonds is 7. The average molecular weight is 222 g/mol. The van der Waals surface area contributed by atoms with Gasteiger partial charge in [-0.3, -0.25) is 0 Å². The Morgan fingerprint density at radius 1 is 1.31 bits per heavy atom. The van der Waals surface area contributed by atoms with Gasteiger partial charge in [0.1, 0.15) is 0 Å². The van der Waals surface area contributed by atoms with Gasteiger partial charge < -0.3 is 15.3 Å². The first-order valence-corrected chi connectivity index (χ1v) is 5.77. The SMILES string of the molecule is CNC(CO)CN(C)CCc1ccccc1. The van der Waals surface area contributed by atoms with Crippen LogP contribution in [0, 0.1) is 0 Å². The first-order chi connectivity index (χ1) is 7.76. The van der Waals surface area contributed by atoms with Gasteiger partial charge in [0.05, 0.1) is 6.61 Å². The quantitative estimate of drug-likeness (QED) is 0.714. The highest BCUT2D eigenvalue weighted by molar-refractivity contribution is 5.14. The molecule has 0 aliphatic rings. The van der Waals surface area contributed by atoms with E-state index in [-0.39, 0.29) is 12.6 Å². The van der Waals surface area contributed by atoms with Gasteiger partial charge in [0.25, 0.3) is 0 Å². The predicted molar refractivity (Wildman–Crippen MR) is 67.6 cm³/mol. The summed E-state index contributed by atoms with van der Waals surface area (Å²) in [5, 5.41) is 12.2. The van der Waals surface area contributed by atoms with Crippen LogP contribution in [0.4, 0.5) is 0 Å². The molecule has 0 fully saturated rings. The summed E-state index contributed by atoms with van der Waals surface area (Å²) >= 11 is 0. The Kier molecular flexibility index (Phi) is 6.08. The molecule has 3 nitrogen and oxygen atoms in total. The summed E-state index contributed by atoms with van der Waals surface area (Å²) in [6, 6.07) is 10.6. The molecule has 0 aromatic heterocycles.